The van der Waals surface area contributed by atoms with Crippen LogP contribution in [-0.2, 0) is 0 Å². The second kappa shape index (κ2) is 3.68. The molecule has 2 aromatic rings. The van der Waals surface area contributed by atoms with Crippen LogP contribution in [0.5, 0.6) is 0 Å². The molecule has 0 aliphatic carbocycles. The fourth-order valence-corrected chi connectivity index (χ4v) is 1.41. The maximum Gasteiger partial charge on any atom is 0.134 e. The molecule has 2 rings (SSSR count). The molecule has 0 radical (unpaired) electrons. The van der Waals surface area contributed by atoms with Gasteiger partial charge in [-0.25, -0.2) is 0 Å². The Bertz CT molecular complexity index is 421. The molecule has 2 heteroatoms. The lowest BCUT2D eigenvalue weighted by Crippen LogP contribution is -1.84. The molecule has 0 unspecified atom stereocenters. The Kier molecular flexibility index (Phi) is 2.37. The van der Waals surface area contributed by atoms with Gasteiger partial charge in [-0.2, -0.15) is 0 Å². The van der Waals surface area contributed by atoms with E-state index in [0.717, 1.165) is 22.3 Å². The number of furan rings is 1. The molecule has 0 bridgehead atoms. The molecule has 0 saturated heterocycles. The van der Waals surface area contributed by atoms with Crippen molar-refractivity contribution in [2.45, 2.75) is 6.42 Å². The van der Waals surface area contributed by atoms with Crippen LogP contribution >= 0.6 is 0 Å². The summed E-state index contributed by atoms with van der Waals surface area (Å²) in [5, 5.41) is 9.84. The fourth-order valence-electron chi connectivity index (χ4n) is 1.41. The van der Waals surface area contributed by atoms with Crippen molar-refractivity contribution in [3.8, 4) is 0 Å². The lowest BCUT2D eigenvalue weighted by molar-refractivity contribution is 0.304. The van der Waals surface area contributed by atoms with Crippen molar-refractivity contribution in [1.29, 1.82) is 0 Å². The average molecular weight is 188 g/mol. The van der Waals surface area contributed by atoms with E-state index in [1.165, 1.54) is 0 Å². The van der Waals surface area contributed by atoms with E-state index in [-0.39, 0.29) is 6.61 Å². The van der Waals surface area contributed by atoms with E-state index in [1.807, 2.05) is 30.3 Å². The van der Waals surface area contributed by atoms with E-state index >= 15 is 0 Å². The number of aliphatic hydroxyl groups is 1. The third kappa shape index (κ3) is 1.56. The van der Waals surface area contributed by atoms with Crippen LogP contribution in [0.4, 0.5) is 0 Å². The summed E-state index contributed by atoms with van der Waals surface area (Å²) < 4.78 is 5.57. The Labute approximate surface area is 82.5 Å². The van der Waals surface area contributed by atoms with E-state index in [4.69, 9.17) is 9.52 Å². The topological polar surface area (TPSA) is 33.4 Å². The van der Waals surface area contributed by atoms with E-state index in [0.29, 0.717) is 6.42 Å². The molecule has 0 saturated carbocycles. The number of aliphatic hydroxyl groups excluding tert-OH is 1. The van der Waals surface area contributed by atoms with Crippen molar-refractivity contribution in [2.24, 2.45) is 0 Å². The maximum absolute atomic E-state index is 8.77. The van der Waals surface area contributed by atoms with Crippen LogP contribution in [0.1, 0.15) is 12.2 Å². The predicted octanol–water partition coefficient (Wildman–Crippen LogP) is 2.83. The quantitative estimate of drug-likeness (QED) is 0.803. The molecule has 2 nitrogen and oxygen atoms in total. The van der Waals surface area contributed by atoms with E-state index in [2.05, 4.69) is 6.58 Å². The molecule has 1 aromatic heterocycles. The third-order valence-corrected chi connectivity index (χ3v) is 2.19. The number of benzene rings is 1. The summed E-state index contributed by atoms with van der Waals surface area (Å²) in [7, 11) is 0. The van der Waals surface area contributed by atoms with Gasteiger partial charge in [0.05, 0.1) is 0 Å². The molecule has 1 N–H and O–H groups in total. The maximum atomic E-state index is 8.77. The predicted molar refractivity (Wildman–Crippen MR) is 57.0 cm³/mol. The van der Waals surface area contributed by atoms with E-state index in [9.17, 15) is 0 Å². The molecule has 0 atom stereocenters. The lowest BCUT2D eigenvalue weighted by Gasteiger charge is -1.96. The average Bonchev–Trinajstić information content (AvgIpc) is 2.61. The van der Waals surface area contributed by atoms with Gasteiger partial charge in [0.25, 0.3) is 0 Å². The molecule has 14 heavy (non-hydrogen) atoms. The normalized spacial score (nSPS) is 10.6. The summed E-state index contributed by atoms with van der Waals surface area (Å²) in [6.07, 6.45) is 0.555. The van der Waals surface area contributed by atoms with Crippen molar-refractivity contribution < 1.29 is 9.52 Å². The van der Waals surface area contributed by atoms with Gasteiger partial charge in [-0.1, -0.05) is 24.8 Å². The van der Waals surface area contributed by atoms with Crippen molar-refractivity contribution in [2.75, 3.05) is 6.61 Å². The van der Waals surface area contributed by atoms with Gasteiger partial charge in [-0.3, -0.25) is 0 Å². The smallest absolute Gasteiger partial charge is 0.134 e. The highest BCUT2D eigenvalue weighted by Crippen LogP contribution is 2.24. The summed E-state index contributed by atoms with van der Waals surface area (Å²) >= 11 is 0. The monoisotopic (exact) mass is 188 g/mol. The van der Waals surface area contributed by atoms with Gasteiger partial charge in [0.1, 0.15) is 11.3 Å². The third-order valence-electron chi connectivity index (χ3n) is 2.19. The molecular formula is C12H12O2. The van der Waals surface area contributed by atoms with Gasteiger partial charge in [0, 0.05) is 12.0 Å². The van der Waals surface area contributed by atoms with Gasteiger partial charge >= 0.3 is 0 Å². The first-order valence-corrected chi connectivity index (χ1v) is 4.59. The highest BCUT2D eigenvalue weighted by atomic mass is 16.3. The lowest BCUT2D eigenvalue weighted by atomic mass is 10.1. The van der Waals surface area contributed by atoms with Crippen LogP contribution < -0.4 is 0 Å². The number of para-hydroxylation sites is 1. The van der Waals surface area contributed by atoms with Crippen molar-refractivity contribution in [3.05, 3.63) is 42.7 Å². The van der Waals surface area contributed by atoms with E-state index < -0.39 is 0 Å². The zero-order valence-corrected chi connectivity index (χ0v) is 7.86. The molecule has 72 valence electrons. The molecule has 0 aliphatic heterocycles. The zero-order valence-electron chi connectivity index (χ0n) is 7.86. The minimum Gasteiger partial charge on any atom is -0.456 e. The van der Waals surface area contributed by atoms with Gasteiger partial charge in [0.2, 0.25) is 0 Å². The number of rotatable bonds is 3. The first kappa shape index (κ1) is 9.03. The number of fused-ring (bicyclic) bond motifs is 1. The minimum atomic E-state index is 0.107. The van der Waals surface area contributed by atoms with Gasteiger partial charge in [0.15, 0.2) is 0 Å². The number of hydrogen-bond donors (Lipinski definition) is 1. The summed E-state index contributed by atoms with van der Waals surface area (Å²) in [6, 6.07) is 9.77. The fraction of sp³-hybridized carbons (Fsp3) is 0.167. The molecule has 0 aliphatic rings. The molecule has 1 heterocycles. The van der Waals surface area contributed by atoms with Crippen LogP contribution in [0.3, 0.4) is 0 Å². The van der Waals surface area contributed by atoms with Crippen LogP contribution in [0.15, 0.2) is 41.3 Å². The second-order valence-electron chi connectivity index (χ2n) is 3.23. The Balaban J connectivity index is 2.40. The summed E-state index contributed by atoms with van der Waals surface area (Å²) in [6.45, 7) is 3.96. The minimum absolute atomic E-state index is 0.107. The first-order chi connectivity index (χ1) is 6.81. The molecular weight excluding hydrogens is 176 g/mol. The van der Waals surface area contributed by atoms with Crippen molar-refractivity contribution in [1.82, 2.24) is 0 Å². The van der Waals surface area contributed by atoms with Crippen molar-refractivity contribution in [3.63, 3.8) is 0 Å². The zero-order chi connectivity index (χ0) is 9.97. The Morgan fingerprint density at radius 3 is 2.86 bits per heavy atom. The number of hydrogen-bond acceptors (Lipinski definition) is 2. The Morgan fingerprint density at radius 1 is 1.36 bits per heavy atom. The largest absolute Gasteiger partial charge is 0.456 e. The molecule has 1 aromatic carbocycles. The van der Waals surface area contributed by atoms with Gasteiger partial charge < -0.3 is 9.52 Å². The second-order valence-corrected chi connectivity index (χ2v) is 3.23. The highest BCUT2D eigenvalue weighted by molar-refractivity contribution is 5.81. The summed E-state index contributed by atoms with van der Waals surface area (Å²) in [5.74, 6) is 0.764. The Hall–Kier alpha value is -1.54. The highest BCUT2D eigenvalue weighted by Gasteiger charge is 2.05. The summed E-state index contributed by atoms with van der Waals surface area (Å²) in [5.41, 5.74) is 1.70. The molecule has 0 fully saturated rings. The standard InChI is InChI=1S/C12H12O2/c1-9(6-7-13)12-8-10-4-2-3-5-11(10)14-12/h2-5,8,13H,1,6-7H2. The Morgan fingerprint density at radius 2 is 2.14 bits per heavy atom. The van der Waals surface area contributed by atoms with Gasteiger partial charge in [-0.05, 0) is 24.1 Å². The van der Waals surface area contributed by atoms with Crippen LogP contribution in [0, 0.1) is 0 Å². The van der Waals surface area contributed by atoms with Crippen LogP contribution in [0.25, 0.3) is 16.5 Å². The molecule has 0 spiro atoms. The van der Waals surface area contributed by atoms with Crippen LogP contribution in [0.2, 0.25) is 0 Å². The molecule has 0 amide bonds. The first-order valence-electron chi connectivity index (χ1n) is 4.59. The summed E-state index contributed by atoms with van der Waals surface area (Å²) in [4.78, 5) is 0. The van der Waals surface area contributed by atoms with Crippen molar-refractivity contribution >= 4 is 16.5 Å². The van der Waals surface area contributed by atoms with Crippen LogP contribution in [-0.4, -0.2) is 11.7 Å². The van der Waals surface area contributed by atoms with E-state index in [1.54, 1.807) is 0 Å². The SMILES string of the molecule is C=C(CCO)c1cc2ccccc2o1. The van der Waals surface area contributed by atoms with Gasteiger partial charge in [-0.15, -0.1) is 0 Å².